The molecule has 4 nitrogen and oxygen atoms in total. The predicted octanol–water partition coefficient (Wildman–Crippen LogP) is 4.07. The van der Waals surface area contributed by atoms with Crippen molar-refractivity contribution in [1.29, 1.82) is 0 Å². The highest BCUT2D eigenvalue weighted by Crippen LogP contribution is 2.22. The molecule has 0 fully saturated rings. The molecule has 0 amide bonds. The molecule has 0 saturated carbocycles. The number of para-hydroxylation sites is 1. The number of ether oxygens (including phenoxy) is 2. The lowest BCUT2D eigenvalue weighted by atomic mass is 10.1. The van der Waals surface area contributed by atoms with Crippen molar-refractivity contribution < 1.29 is 9.47 Å². The first kappa shape index (κ1) is 18.1. The summed E-state index contributed by atoms with van der Waals surface area (Å²) in [6.45, 7) is 6.67. The van der Waals surface area contributed by atoms with Crippen LogP contribution in [-0.2, 0) is 0 Å². The lowest BCUT2D eigenvalue weighted by molar-refractivity contribution is 0.283. The van der Waals surface area contributed by atoms with E-state index in [1.54, 1.807) is 7.11 Å². The van der Waals surface area contributed by atoms with E-state index in [0.29, 0.717) is 11.7 Å². The van der Waals surface area contributed by atoms with Crippen LogP contribution in [0.3, 0.4) is 0 Å². The summed E-state index contributed by atoms with van der Waals surface area (Å²) in [5, 5.41) is 6.94. The average Bonchev–Trinajstić information content (AvgIpc) is 2.54. The van der Waals surface area contributed by atoms with Crippen molar-refractivity contribution in [2.24, 2.45) is 0 Å². The van der Waals surface area contributed by atoms with Gasteiger partial charge in [-0.05, 0) is 56.2 Å². The normalized spacial score (nSPS) is 11.5. The van der Waals surface area contributed by atoms with E-state index in [-0.39, 0.29) is 6.04 Å². The Labute approximate surface area is 149 Å². The highest BCUT2D eigenvalue weighted by molar-refractivity contribution is 7.80. The van der Waals surface area contributed by atoms with Gasteiger partial charge in [-0.25, -0.2) is 0 Å². The van der Waals surface area contributed by atoms with E-state index in [1.807, 2.05) is 37.3 Å². The van der Waals surface area contributed by atoms with Crippen LogP contribution in [0.4, 0.5) is 5.69 Å². The Balaban J connectivity index is 1.85. The van der Waals surface area contributed by atoms with E-state index in [2.05, 4.69) is 36.6 Å². The van der Waals surface area contributed by atoms with Gasteiger partial charge in [0.1, 0.15) is 18.1 Å². The molecule has 0 spiro atoms. The third-order valence-electron chi connectivity index (χ3n) is 3.59. The lowest BCUT2D eigenvalue weighted by Crippen LogP contribution is -2.39. The van der Waals surface area contributed by atoms with E-state index in [1.165, 1.54) is 0 Å². The molecule has 1 unspecified atom stereocenters. The Morgan fingerprint density at radius 2 is 1.79 bits per heavy atom. The first-order valence-corrected chi connectivity index (χ1v) is 8.31. The molecule has 5 heteroatoms. The van der Waals surface area contributed by atoms with Crippen LogP contribution in [0.15, 0.2) is 42.5 Å². The second-order valence-electron chi connectivity index (χ2n) is 5.76. The van der Waals surface area contributed by atoms with E-state index >= 15 is 0 Å². The van der Waals surface area contributed by atoms with Gasteiger partial charge < -0.3 is 20.1 Å². The van der Waals surface area contributed by atoms with E-state index in [4.69, 9.17) is 21.7 Å². The average molecular weight is 344 g/mol. The molecule has 128 valence electrons. The van der Waals surface area contributed by atoms with Crippen molar-refractivity contribution in [2.75, 3.05) is 19.0 Å². The molecule has 0 aromatic heterocycles. The van der Waals surface area contributed by atoms with Crippen molar-refractivity contribution >= 4 is 23.0 Å². The van der Waals surface area contributed by atoms with Gasteiger partial charge in [0.25, 0.3) is 0 Å². The Morgan fingerprint density at radius 1 is 1.12 bits per heavy atom. The number of rotatable bonds is 6. The maximum Gasteiger partial charge on any atom is 0.171 e. The number of methoxy groups -OCH3 is 1. The van der Waals surface area contributed by atoms with Crippen LogP contribution < -0.4 is 20.1 Å². The minimum absolute atomic E-state index is 0.0783. The molecule has 0 saturated heterocycles. The van der Waals surface area contributed by atoms with E-state index < -0.39 is 0 Å². The summed E-state index contributed by atoms with van der Waals surface area (Å²) in [4.78, 5) is 0. The summed E-state index contributed by atoms with van der Waals surface area (Å²) >= 11 is 5.36. The van der Waals surface area contributed by atoms with Crippen molar-refractivity contribution in [1.82, 2.24) is 5.32 Å². The molecule has 0 bridgehead atoms. The zero-order chi connectivity index (χ0) is 17.5. The number of hydrogen-bond acceptors (Lipinski definition) is 3. The number of benzene rings is 2. The largest absolute Gasteiger partial charge is 0.497 e. The van der Waals surface area contributed by atoms with Crippen LogP contribution in [-0.4, -0.2) is 24.9 Å². The van der Waals surface area contributed by atoms with Crippen molar-refractivity contribution in [2.45, 2.75) is 26.8 Å². The lowest BCUT2D eigenvalue weighted by Gasteiger charge is -2.19. The summed E-state index contributed by atoms with van der Waals surface area (Å²) in [7, 11) is 1.64. The Hall–Kier alpha value is -2.27. The van der Waals surface area contributed by atoms with E-state index in [0.717, 1.165) is 28.3 Å². The molecule has 2 N–H and O–H groups in total. The number of anilines is 1. The van der Waals surface area contributed by atoms with Crippen molar-refractivity contribution in [3.63, 3.8) is 0 Å². The summed E-state index contributed by atoms with van der Waals surface area (Å²) in [5.74, 6) is 1.73. The van der Waals surface area contributed by atoms with Crippen molar-refractivity contribution in [3.8, 4) is 11.5 Å². The van der Waals surface area contributed by atoms with Crippen molar-refractivity contribution in [3.05, 3.63) is 53.6 Å². The fraction of sp³-hybridized carbons (Fsp3) is 0.316. The standard InChI is InChI=1S/C19H24N2O2S/c1-13-7-5-8-14(2)18(13)23-12-15(3)20-19(24)21-16-9-6-10-17(11-16)22-4/h5-11,15H,12H2,1-4H3,(H2,20,21,24). The molecule has 0 aliphatic carbocycles. The molecule has 0 radical (unpaired) electrons. The molecule has 1 atom stereocenters. The minimum atomic E-state index is 0.0783. The molecule has 2 aromatic carbocycles. The van der Waals surface area contributed by atoms with Crippen LogP contribution in [0, 0.1) is 13.8 Å². The highest BCUT2D eigenvalue weighted by Gasteiger charge is 2.08. The monoisotopic (exact) mass is 344 g/mol. The minimum Gasteiger partial charge on any atom is -0.497 e. The van der Waals surface area contributed by atoms with Crippen LogP contribution in [0.2, 0.25) is 0 Å². The summed E-state index contributed by atoms with van der Waals surface area (Å²) in [6.07, 6.45) is 0. The highest BCUT2D eigenvalue weighted by atomic mass is 32.1. The van der Waals surface area contributed by atoms with Gasteiger partial charge >= 0.3 is 0 Å². The SMILES string of the molecule is COc1cccc(NC(=S)NC(C)COc2c(C)cccc2C)c1. The van der Waals surface area contributed by atoms with Crippen LogP contribution in [0.25, 0.3) is 0 Å². The fourth-order valence-corrected chi connectivity index (χ4v) is 2.69. The molecular formula is C19H24N2O2S. The third kappa shape index (κ3) is 5.13. The van der Waals surface area contributed by atoms with Gasteiger partial charge in [0.2, 0.25) is 0 Å². The van der Waals surface area contributed by atoms with Gasteiger partial charge in [0, 0.05) is 11.8 Å². The van der Waals surface area contributed by atoms with Crippen LogP contribution >= 0.6 is 12.2 Å². The summed E-state index contributed by atoms with van der Waals surface area (Å²) < 4.78 is 11.2. The summed E-state index contributed by atoms with van der Waals surface area (Å²) in [6, 6.07) is 13.9. The number of aryl methyl sites for hydroxylation is 2. The molecule has 0 heterocycles. The first-order chi connectivity index (χ1) is 11.5. The third-order valence-corrected chi connectivity index (χ3v) is 3.81. The van der Waals surface area contributed by atoms with Gasteiger partial charge in [0.05, 0.1) is 13.2 Å². The molecular weight excluding hydrogens is 320 g/mol. The van der Waals surface area contributed by atoms with E-state index in [9.17, 15) is 0 Å². The molecule has 24 heavy (non-hydrogen) atoms. The smallest absolute Gasteiger partial charge is 0.171 e. The molecule has 0 aliphatic rings. The van der Waals surface area contributed by atoms with Gasteiger partial charge in [-0.1, -0.05) is 24.3 Å². The topological polar surface area (TPSA) is 42.5 Å². The summed E-state index contributed by atoms with van der Waals surface area (Å²) in [5.41, 5.74) is 3.16. The number of thiocarbonyl (C=S) groups is 1. The fourth-order valence-electron chi connectivity index (χ4n) is 2.37. The number of nitrogens with one attached hydrogen (secondary N) is 2. The molecule has 2 aromatic rings. The Morgan fingerprint density at radius 3 is 2.46 bits per heavy atom. The Kier molecular flexibility index (Phi) is 6.44. The van der Waals surface area contributed by atoms with Gasteiger partial charge in [-0.3, -0.25) is 0 Å². The number of hydrogen-bond donors (Lipinski definition) is 2. The van der Waals surface area contributed by atoms with Gasteiger partial charge in [0.15, 0.2) is 5.11 Å². The zero-order valence-electron chi connectivity index (χ0n) is 14.6. The first-order valence-electron chi connectivity index (χ1n) is 7.90. The quantitative estimate of drug-likeness (QED) is 0.774. The predicted molar refractivity (Wildman–Crippen MR) is 103 cm³/mol. The second-order valence-corrected chi connectivity index (χ2v) is 6.17. The molecule has 0 aliphatic heterocycles. The Bertz CT molecular complexity index is 683. The zero-order valence-corrected chi connectivity index (χ0v) is 15.4. The van der Waals surface area contributed by atoms with Gasteiger partial charge in [-0.15, -0.1) is 0 Å². The second kappa shape index (κ2) is 8.55. The van der Waals surface area contributed by atoms with Crippen LogP contribution in [0.1, 0.15) is 18.1 Å². The van der Waals surface area contributed by atoms with Crippen LogP contribution in [0.5, 0.6) is 11.5 Å². The maximum absolute atomic E-state index is 5.95. The maximum atomic E-state index is 5.95. The van der Waals surface area contributed by atoms with Gasteiger partial charge in [-0.2, -0.15) is 0 Å². The molecule has 2 rings (SSSR count).